The molecule has 0 unspecified atom stereocenters. The van der Waals surface area contributed by atoms with E-state index in [1.165, 1.54) is 12.0 Å². The zero-order valence-corrected chi connectivity index (χ0v) is 20.4. The van der Waals surface area contributed by atoms with E-state index in [0.717, 1.165) is 0 Å². The molecule has 162 valence electrons. The van der Waals surface area contributed by atoms with Crippen LogP contribution < -0.4 is 15.0 Å². The van der Waals surface area contributed by atoms with Gasteiger partial charge in [-0.3, -0.25) is 14.4 Å². The van der Waals surface area contributed by atoms with Crippen LogP contribution in [0.25, 0.3) is 0 Å². The molecule has 9 heteroatoms. The summed E-state index contributed by atoms with van der Waals surface area (Å²) >= 11 is 13.2. The Morgan fingerprint density at radius 2 is 1.68 bits per heavy atom. The number of ether oxygens (including phenoxy) is 1. The maximum Gasteiger partial charge on any atom is 0.257 e. The van der Waals surface area contributed by atoms with Crippen LogP contribution >= 0.6 is 43.5 Å². The first kappa shape index (κ1) is 22.3. The molecule has 31 heavy (non-hydrogen) atoms. The Kier molecular flexibility index (Phi) is 6.42. The van der Waals surface area contributed by atoms with E-state index in [0.29, 0.717) is 29.3 Å². The zero-order valence-electron chi connectivity index (χ0n) is 16.5. The summed E-state index contributed by atoms with van der Waals surface area (Å²) in [4.78, 5) is 40.9. The van der Waals surface area contributed by atoms with E-state index in [-0.39, 0.29) is 32.7 Å². The first-order valence-corrected chi connectivity index (χ1v) is 11.9. The molecule has 0 radical (unpaired) electrons. The minimum atomic E-state index is -0.469. The quantitative estimate of drug-likeness (QED) is 0.414. The summed E-state index contributed by atoms with van der Waals surface area (Å²) in [7, 11) is 1.49. The summed E-state index contributed by atoms with van der Waals surface area (Å²) in [6.45, 7) is 0. The van der Waals surface area contributed by atoms with Crippen molar-refractivity contribution in [1.82, 2.24) is 0 Å². The average Bonchev–Trinajstić information content (AvgIpc) is 2.98. The van der Waals surface area contributed by atoms with Crippen molar-refractivity contribution < 1.29 is 19.1 Å². The predicted octanol–water partition coefficient (Wildman–Crippen LogP) is 5.03. The molecule has 4 atom stereocenters. The second-order valence-electron chi connectivity index (χ2n) is 7.54. The lowest BCUT2D eigenvalue weighted by atomic mass is 9.81. The maximum absolute atomic E-state index is 13.2. The highest BCUT2D eigenvalue weighted by Gasteiger charge is 2.52. The molecule has 1 heterocycles. The van der Waals surface area contributed by atoms with E-state index < -0.39 is 17.7 Å². The van der Waals surface area contributed by atoms with E-state index in [1.807, 2.05) is 0 Å². The molecule has 0 spiro atoms. The van der Waals surface area contributed by atoms with Gasteiger partial charge in [0.25, 0.3) is 5.91 Å². The Morgan fingerprint density at radius 1 is 1.06 bits per heavy atom. The number of benzene rings is 2. The number of amides is 3. The van der Waals surface area contributed by atoms with Gasteiger partial charge in [-0.1, -0.05) is 55.6 Å². The number of nitrogens with one attached hydrogen (secondary N) is 1. The Bertz CT molecular complexity index is 1040. The minimum absolute atomic E-state index is 0.110. The molecule has 1 aliphatic heterocycles. The predicted molar refractivity (Wildman–Crippen MR) is 127 cm³/mol. The van der Waals surface area contributed by atoms with E-state index in [9.17, 15) is 14.4 Å². The molecule has 1 saturated heterocycles. The monoisotopic (exact) mass is 568 g/mol. The standard InChI is InChI=1S/C22H19Br2ClN2O4/c1-31-19-7-6-11(25)8-17(19)26-20(28)12-4-2-3-5-18(12)27-21(29)13-9-15(23)16(24)10-14(13)22(27)30/h2-8,13-16H,9-10H2,1H3,(H,26,28)/t13-,14+,15-,16-/m0/s1. The molecule has 2 aromatic rings. The van der Waals surface area contributed by atoms with Crippen LogP contribution in [0.2, 0.25) is 5.02 Å². The number of halogens is 3. The summed E-state index contributed by atoms with van der Waals surface area (Å²) < 4.78 is 5.28. The number of hydrogen-bond donors (Lipinski definition) is 1. The lowest BCUT2D eigenvalue weighted by molar-refractivity contribution is -0.122. The topological polar surface area (TPSA) is 75.7 Å². The average molecular weight is 571 g/mol. The van der Waals surface area contributed by atoms with Gasteiger partial charge in [-0.15, -0.1) is 0 Å². The first-order valence-electron chi connectivity index (χ1n) is 9.71. The minimum Gasteiger partial charge on any atom is -0.495 e. The normalized spacial score (nSPS) is 25.4. The van der Waals surface area contributed by atoms with Crippen LogP contribution in [0.1, 0.15) is 23.2 Å². The number of carbonyl (C=O) groups is 3. The van der Waals surface area contributed by atoms with Crippen LogP contribution in [0.15, 0.2) is 42.5 Å². The van der Waals surface area contributed by atoms with E-state index in [2.05, 4.69) is 37.2 Å². The maximum atomic E-state index is 13.2. The number of imide groups is 1. The molecule has 1 saturated carbocycles. The summed E-state index contributed by atoms with van der Waals surface area (Å²) in [6.07, 6.45) is 1.13. The van der Waals surface area contributed by atoms with Gasteiger partial charge in [-0.05, 0) is 43.2 Å². The molecule has 6 nitrogen and oxygen atoms in total. The highest BCUT2D eigenvalue weighted by atomic mass is 79.9. The largest absolute Gasteiger partial charge is 0.495 e. The van der Waals surface area contributed by atoms with Crippen LogP contribution in [0, 0.1) is 11.8 Å². The van der Waals surface area contributed by atoms with Crippen molar-refractivity contribution in [2.75, 3.05) is 17.3 Å². The third-order valence-corrected chi connectivity index (χ3v) is 8.68. The van der Waals surface area contributed by atoms with Gasteiger partial charge in [0.1, 0.15) is 5.75 Å². The van der Waals surface area contributed by atoms with E-state index in [4.69, 9.17) is 16.3 Å². The SMILES string of the molecule is COc1ccc(Cl)cc1NC(=O)c1ccccc1N1C(=O)[C@H]2C[C@H](Br)[C@@H](Br)C[C@H]2C1=O. The zero-order chi connectivity index (χ0) is 22.3. The molecule has 4 rings (SSSR count). The highest BCUT2D eigenvalue weighted by molar-refractivity contribution is 9.12. The lowest BCUT2D eigenvalue weighted by Gasteiger charge is -2.29. The van der Waals surface area contributed by atoms with Crippen LogP contribution in [-0.4, -0.2) is 34.5 Å². The summed E-state index contributed by atoms with van der Waals surface area (Å²) in [5, 5.41) is 3.21. The van der Waals surface area contributed by atoms with E-state index >= 15 is 0 Å². The Hall–Kier alpha value is -1.90. The van der Waals surface area contributed by atoms with Crippen molar-refractivity contribution in [2.45, 2.75) is 22.5 Å². The van der Waals surface area contributed by atoms with Gasteiger partial charge in [0.15, 0.2) is 0 Å². The van der Waals surface area contributed by atoms with Gasteiger partial charge < -0.3 is 10.1 Å². The van der Waals surface area contributed by atoms with Gasteiger partial charge in [0, 0.05) is 14.7 Å². The number of nitrogens with zero attached hydrogens (tertiary/aromatic N) is 1. The van der Waals surface area contributed by atoms with Crippen molar-refractivity contribution in [3.05, 3.63) is 53.1 Å². The third kappa shape index (κ3) is 4.13. The van der Waals surface area contributed by atoms with Crippen LogP contribution in [-0.2, 0) is 9.59 Å². The second-order valence-corrected chi connectivity index (χ2v) is 10.3. The molecular weight excluding hydrogens is 552 g/mol. The van der Waals surface area contributed by atoms with Gasteiger partial charge in [0.05, 0.1) is 35.9 Å². The van der Waals surface area contributed by atoms with Crippen molar-refractivity contribution in [2.24, 2.45) is 11.8 Å². The van der Waals surface area contributed by atoms with Gasteiger partial charge in [-0.25, -0.2) is 4.90 Å². The van der Waals surface area contributed by atoms with Crippen molar-refractivity contribution in [3.8, 4) is 5.75 Å². The van der Waals surface area contributed by atoms with Gasteiger partial charge in [0.2, 0.25) is 11.8 Å². The van der Waals surface area contributed by atoms with Crippen LogP contribution in [0.4, 0.5) is 11.4 Å². The molecule has 2 aliphatic rings. The highest BCUT2D eigenvalue weighted by Crippen LogP contribution is 2.45. The molecule has 2 aromatic carbocycles. The van der Waals surface area contributed by atoms with Crippen molar-refractivity contribution in [3.63, 3.8) is 0 Å². The molecule has 2 fully saturated rings. The Labute approximate surface area is 201 Å². The summed E-state index contributed by atoms with van der Waals surface area (Å²) in [6, 6.07) is 11.5. The summed E-state index contributed by atoms with van der Waals surface area (Å²) in [5.41, 5.74) is 0.894. The van der Waals surface area contributed by atoms with Crippen molar-refractivity contribution in [1.29, 1.82) is 0 Å². The second kappa shape index (κ2) is 8.92. The lowest BCUT2D eigenvalue weighted by Crippen LogP contribution is -2.34. The number of carbonyl (C=O) groups excluding carboxylic acids is 3. The van der Waals surface area contributed by atoms with Crippen molar-refractivity contribution >= 4 is 72.6 Å². The number of para-hydroxylation sites is 1. The molecule has 3 amide bonds. The molecule has 0 aromatic heterocycles. The van der Waals surface area contributed by atoms with E-state index in [1.54, 1.807) is 42.5 Å². The number of rotatable bonds is 4. The first-order chi connectivity index (χ1) is 14.8. The number of anilines is 2. The fraction of sp³-hybridized carbons (Fsp3) is 0.318. The van der Waals surface area contributed by atoms with Gasteiger partial charge >= 0.3 is 0 Å². The smallest absolute Gasteiger partial charge is 0.257 e. The fourth-order valence-corrected chi connectivity index (χ4v) is 5.57. The van der Waals surface area contributed by atoms with Crippen LogP contribution in [0.3, 0.4) is 0 Å². The summed E-state index contributed by atoms with van der Waals surface area (Å²) in [5.74, 6) is -1.34. The number of fused-ring (bicyclic) bond motifs is 1. The molecule has 0 bridgehead atoms. The third-order valence-electron chi connectivity index (χ3n) is 5.71. The molecular formula is C22H19Br2ClN2O4. The Balaban J connectivity index is 1.67. The number of hydrogen-bond acceptors (Lipinski definition) is 4. The molecule has 1 aliphatic carbocycles. The number of alkyl halides is 2. The fourth-order valence-electron chi connectivity index (χ4n) is 4.16. The Morgan fingerprint density at radius 3 is 2.29 bits per heavy atom. The molecule has 1 N–H and O–H groups in total. The van der Waals surface area contributed by atoms with Gasteiger partial charge in [-0.2, -0.15) is 0 Å². The number of methoxy groups -OCH3 is 1. The van der Waals surface area contributed by atoms with Crippen LogP contribution in [0.5, 0.6) is 5.75 Å².